The number of imidazole rings is 1. The number of aromatic nitrogens is 2. The molecular formula is C42H52N2O3. The van der Waals surface area contributed by atoms with E-state index in [1.807, 2.05) is 36.4 Å². The molecule has 248 valence electrons. The zero-order valence-electron chi connectivity index (χ0n) is 28.1. The van der Waals surface area contributed by atoms with Gasteiger partial charge < -0.3 is 19.6 Å². The van der Waals surface area contributed by atoms with Crippen LogP contribution in [0.1, 0.15) is 96.0 Å². The molecule has 4 aromatic rings. The maximum atomic E-state index is 10.7. The Balaban J connectivity index is 0.950. The van der Waals surface area contributed by atoms with E-state index >= 15 is 0 Å². The van der Waals surface area contributed by atoms with Crippen LogP contribution in [0.2, 0.25) is 0 Å². The van der Waals surface area contributed by atoms with Crippen LogP contribution in [0.3, 0.4) is 0 Å². The van der Waals surface area contributed by atoms with Crippen LogP contribution in [0.5, 0.6) is 11.5 Å². The van der Waals surface area contributed by atoms with Gasteiger partial charge in [0.2, 0.25) is 0 Å². The van der Waals surface area contributed by atoms with Crippen molar-refractivity contribution in [1.29, 1.82) is 0 Å². The molecule has 1 fully saturated rings. The molecule has 1 saturated carbocycles. The van der Waals surface area contributed by atoms with Gasteiger partial charge in [-0.25, -0.2) is 4.98 Å². The van der Waals surface area contributed by atoms with Crippen molar-refractivity contribution in [3.8, 4) is 22.9 Å². The molecule has 0 amide bonds. The Morgan fingerprint density at radius 3 is 2.38 bits per heavy atom. The van der Waals surface area contributed by atoms with Gasteiger partial charge in [-0.05, 0) is 85.8 Å². The van der Waals surface area contributed by atoms with E-state index in [-0.39, 0.29) is 11.4 Å². The van der Waals surface area contributed by atoms with Crippen molar-refractivity contribution in [2.24, 2.45) is 11.8 Å². The Hall–Kier alpha value is -3.83. The highest BCUT2D eigenvalue weighted by atomic mass is 16.5. The Kier molecular flexibility index (Phi) is 11.5. The minimum Gasteiger partial charge on any atom is -0.507 e. The number of fused-ring (bicyclic) bond motifs is 1. The summed E-state index contributed by atoms with van der Waals surface area (Å²) in [5, 5.41) is 10.7. The number of nitrogens with zero attached hydrogens (tertiary/aromatic N) is 1. The predicted octanol–water partition coefficient (Wildman–Crippen LogP) is 11.1. The Morgan fingerprint density at radius 2 is 1.64 bits per heavy atom. The van der Waals surface area contributed by atoms with Crippen molar-refractivity contribution in [1.82, 2.24) is 9.97 Å². The third-order valence-electron chi connectivity index (χ3n) is 10.3. The lowest BCUT2D eigenvalue weighted by Crippen LogP contribution is -2.42. The van der Waals surface area contributed by atoms with E-state index in [2.05, 4.69) is 65.5 Å². The summed E-state index contributed by atoms with van der Waals surface area (Å²) in [6.07, 6.45) is 23.1. The highest BCUT2D eigenvalue weighted by Gasteiger charge is 2.40. The standard InChI is InChI=1S/C42H52N2O3/c1-2-3-7-14-32-19-21-35(22-20-32)42(27-25-34(26-28-42)33-15-8-6-9-16-33)47-30-13-5-4-12-29-46-36-23-24-37(40(45)31-36)41-43-38-17-10-11-18-39(38)44-41/h6,8-11,15-18,23-27,31-32,35,45H,2-5,7,12-14,19-22,28-30H2,1H3,(H,43,44). The lowest BCUT2D eigenvalue weighted by atomic mass is 9.69. The van der Waals surface area contributed by atoms with Crippen molar-refractivity contribution in [2.75, 3.05) is 13.2 Å². The van der Waals surface area contributed by atoms with E-state index in [0.29, 0.717) is 29.7 Å². The molecule has 47 heavy (non-hydrogen) atoms. The fourth-order valence-corrected chi connectivity index (χ4v) is 7.52. The number of nitrogens with one attached hydrogen (secondary N) is 1. The summed E-state index contributed by atoms with van der Waals surface area (Å²) >= 11 is 0. The molecule has 0 bridgehead atoms. The van der Waals surface area contributed by atoms with E-state index in [9.17, 15) is 5.11 Å². The molecule has 5 heteroatoms. The number of phenolic OH excluding ortho intramolecular Hbond substituents is 1. The molecule has 0 aliphatic heterocycles. The minimum atomic E-state index is -0.174. The summed E-state index contributed by atoms with van der Waals surface area (Å²) in [6.45, 7) is 3.73. The summed E-state index contributed by atoms with van der Waals surface area (Å²) in [5.74, 6) is 3.00. The second-order valence-corrected chi connectivity index (χ2v) is 13.6. The number of allylic oxidation sites excluding steroid dienone is 2. The first-order valence-corrected chi connectivity index (χ1v) is 18.1. The van der Waals surface area contributed by atoms with Crippen LogP contribution in [0.25, 0.3) is 28.0 Å². The molecule has 0 saturated heterocycles. The molecule has 2 aliphatic carbocycles. The summed E-state index contributed by atoms with van der Waals surface area (Å²) in [6, 6.07) is 24.1. The maximum absolute atomic E-state index is 10.7. The first-order valence-electron chi connectivity index (χ1n) is 18.1. The van der Waals surface area contributed by atoms with E-state index in [4.69, 9.17) is 9.47 Å². The van der Waals surface area contributed by atoms with Gasteiger partial charge in [0, 0.05) is 12.7 Å². The fourth-order valence-electron chi connectivity index (χ4n) is 7.52. The SMILES string of the molecule is CCCCCC1CCC(C2(OCCCCCCOc3ccc(-c4nc5ccccc5[nH]4)c(O)c3)C=CC(c3ccccc3)=CC2)CC1. The largest absolute Gasteiger partial charge is 0.507 e. The van der Waals surface area contributed by atoms with Crippen LogP contribution in [0.15, 0.2) is 91.0 Å². The lowest BCUT2D eigenvalue weighted by Gasteiger charge is -2.43. The Morgan fingerprint density at radius 1 is 0.851 bits per heavy atom. The normalized spacial score (nSPS) is 21.2. The third kappa shape index (κ3) is 8.56. The minimum absolute atomic E-state index is 0.167. The van der Waals surface area contributed by atoms with E-state index in [1.54, 1.807) is 6.07 Å². The van der Waals surface area contributed by atoms with E-state index < -0.39 is 0 Å². The quantitative estimate of drug-likeness (QED) is 0.121. The molecule has 1 atom stereocenters. The monoisotopic (exact) mass is 632 g/mol. The van der Waals surface area contributed by atoms with Gasteiger partial charge in [0.25, 0.3) is 0 Å². The topological polar surface area (TPSA) is 67.4 Å². The smallest absolute Gasteiger partial charge is 0.142 e. The van der Waals surface area contributed by atoms with E-state index in [0.717, 1.165) is 55.7 Å². The van der Waals surface area contributed by atoms with Crippen LogP contribution >= 0.6 is 0 Å². The molecule has 1 aromatic heterocycles. The summed E-state index contributed by atoms with van der Waals surface area (Å²) < 4.78 is 12.9. The average Bonchev–Trinajstić information content (AvgIpc) is 3.55. The van der Waals surface area contributed by atoms with Gasteiger partial charge in [0.15, 0.2) is 0 Å². The number of rotatable bonds is 16. The molecule has 0 radical (unpaired) electrons. The van der Waals surface area contributed by atoms with Gasteiger partial charge >= 0.3 is 0 Å². The number of ether oxygens (including phenoxy) is 2. The van der Waals surface area contributed by atoms with Gasteiger partial charge in [-0.15, -0.1) is 0 Å². The van der Waals surface area contributed by atoms with Crippen molar-refractivity contribution in [2.45, 2.75) is 96.0 Å². The van der Waals surface area contributed by atoms with Crippen molar-refractivity contribution in [3.05, 3.63) is 96.6 Å². The highest BCUT2D eigenvalue weighted by molar-refractivity contribution is 5.80. The molecule has 6 rings (SSSR count). The molecule has 5 nitrogen and oxygen atoms in total. The van der Waals surface area contributed by atoms with Crippen LogP contribution in [-0.2, 0) is 4.74 Å². The molecular weight excluding hydrogens is 580 g/mol. The summed E-state index contributed by atoms with van der Waals surface area (Å²) in [5.41, 5.74) is 4.93. The maximum Gasteiger partial charge on any atom is 0.142 e. The molecule has 3 aromatic carbocycles. The number of aromatic hydroxyl groups is 1. The number of phenols is 1. The zero-order chi connectivity index (χ0) is 32.3. The zero-order valence-corrected chi connectivity index (χ0v) is 28.1. The molecule has 1 unspecified atom stereocenters. The number of hydrogen-bond acceptors (Lipinski definition) is 4. The van der Waals surface area contributed by atoms with Gasteiger partial charge in [-0.1, -0.05) is 113 Å². The van der Waals surface area contributed by atoms with Crippen LogP contribution in [0.4, 0.5) is 0 Å². The van der Waals surface area contributed by atoms with Crippen LogP contribution in [0, 0.1) is 11.8 Å². The Bertz CT molecular complexity index is 1580. The second-order valence-electron chi connectivity index (χ2n) is 13.6. The summed E-state index contributed by atoms with van der Waals surface area (Å²) in [7, 11) is 0. The number of H-pyrrole nitrogens is 1. The van der Waals surface area contributed by atoms with Crippen LogP contribution in [-0.4, -0.2) is 33.9 Å². The number of para-hydroxylation sites is 2. The number of unbranched alkanes of at least 4 members (excludes halogenated alkanes) is 5. The molecule has 2 aliphatic rings. The summed E-state index contributed by atoms with van der Waals surface area (Å²) in [4.78, 5) is 7.88. The first-order chi connectivity index (χ1) is 23.1. The number of benzene rings is 3. The van der Waals surface area contributed by atoms with Crippen molar-refractivity contribution in [3.63, 3.8) is 0 Å². The van der Waals surface area contributed by atoms with Gasteiger partial charge in [-0.2, -0.15) is 0 Å². The van der Waals surface area contributed by atoms with Crippen molar-refractivity contribution < 1.29 is 14.6 Å². The lowest BCUT2D eigenvalue weighted by molar-refractivity contribution is -0.0648. The van der Waals surface area contributed by atoms with Gasteiger partial charge in [-0.3, -0.25) is 0 Å². The fraction of sp³-hybridized carbons (Fsp3) is 0.452. The predicted molar refractivity (Wildman–Crippen MR) is 194 cm³/mol. The Labute approximate surface area is 281 Å². The van der Waals surface area contributed by atoms with Crippen LogP contribution < -0.4 is 4.74 Å². The molecule has 1 heterocycles. The molecule has 2 N–H and O–H groups in total. The third-order valence-corrected chi connectivity index (χ3v) is 10.3. The van der Waals surface area contributed by atoms with E-state index in [1.165, 1.54) is 62.5 Å². The second kappa shape index (κ2) is 16.3. The average molecular weight is 633 g/mol. The molecule has 0 spiro atoms. The number of aromatic amines is 1. The number of hydrogen-bond donors (Lipinski definition) is 2. The van der Waals surface area contributed by atoms with Gasteiger partial charge in [0.1, 0.15) is 17.3 Å². The van der Waals surface area contributed by atoms with Gasteiger partial charge in [0.05, 0.1) is 28.8 Å². The first kappa shape index (κ1) is 33.1. The van der Waals surface area contributed by atoms with Crippen molar-refractivity contribution >= 4 is 16.6 Å². The highest BCUT2D eigenvalue weighted by Crippen LogP contribution is 2.44.